The molecular weight excluding hydrogens is 302 g/mol. The molecular formula is C16H31NO6. The van der Waals surface area contributed by atoms with Gasteiger partial charge in [0.05, 0.1) is 0 Å². The van der Waals surface area contributed by atoms with Gasteiger partial charge in [-0.15, -0.1) is 0 Å². The van der Waals surface area contributed by atoms with Crippen LogP contribution in [0.4, 0.5) is 4.79 Å². The molecule has 0 aliphatic rings. The second-order valence-corrected chi connectivity index (χ2v) is 6.66. The lowest BCUT2D eigenvalue weighted by Crippen LogP contribution is -2.46. The van der Waals surface area contributed by atoms with Gasteiger partial charge in [0.2, 0.25) is 0 Å². The fraction of sp³-hybridized carbons (Fsp3) is 0.812. The van der Waals surface area contributed by atoms with Crippen molar-refractivity contribution in [3.05, 3.63) is 0 Å². The Morgan fingerprint density at radius 3 is 1.74 bits per heavy atom. The van der Waals surface area contributed by atoms with E-state index >= 15 is 0 Å². The second kappa shape index (κ2) is 10.1. The summed E-state index contributed by atoms with van der Waals surface area (Å²) in [6.07, 6.45) is -1.12. The Kier molecular flexibility index (Phi) is 10.3. The molecule has 0 aromatic rings. The van der Waals surface area contributed by atoms with Crippen LogP contribution in [-0.4, -0.2) is 40.4 Å². The van der Waals surface area contributed by atoms with Crippen LogP contribution in [-0.2, 0) is 19.1 Å². The lowest BCUT2D eigenvalue weighted by Gasteiger charge is -2.26. The number of carbonyl (C=O) groups is 3. The average Bonchev–Trinajstić information content (AvgIpc) is 2.32. The molecule has 136 valence electrons. The third-order valence-corrected chi connectivity index (χ3v) is 2.03. The summed E-state index contributed by atoms with van der Waals surface area (Å²) in [5, 5.41) is 11.1. The molecule has 0 aromatic carbocycles. The number of esters is 1. The molecule has 0 saturated carbocycles. The maximum absolute atomic E-state index is 12.0. The van der Waals surface area contributed by atoms with Gasteiger partial charge in [0.15, 0.2) is 0 Å². The first-order chi connectivity index (χ1) is 10.3. The Labute approximate surface area is 138 Å². The zero-order chi connectivity index (χ0) is 18.8. The van der Waals surface area contributed by atoms with E-state index in [4.69, 9.17) is 14.6 Å². The molecule has 1 unspecified atom stereocenters. The van der Waals surface area contributed by atoms with E-state index in [-0.39, 0.29) is 12.8 Å². The van der Waals surface area contributed by atoms with Crippen molar-refractivity contribution in [1.82, 2.24) is 5.32 Å². The van der Waals surface area contributed by atoms with E-state index in [0.29, 0.717) is 0 Å². The summed E-state index contributed by atoms with van der Waals surface area (Å²) in [6, 6.07) is -1.06. The van der Waals surface area contributed by atoms with Gasteiger partial charge in [0.1, 0.15) is 17.2 Å². The highest BCUT2D eigenvalue weighted by Crippen LogP contribution is 2.12. The number of rotatable bonds is 5. The maximum atomic E-state index is 12.0. The van der Waals surface area contributed by atoms with Gasteiger partial charge < -0.3 is 19.9 Å². The summed E-state index contributed by atoms with van der Waals surface area (Å²) < 4.78 is 10.2. The van der Waals surface area contributed by atoms with Crippen molar-refractivity contribution in [2.24, 2.45) is 0 Å². The molecule has 0 heterocycles. The van der Waals surface area contributed by atoms with Gasteiger partial charge in [0, 0.05) is 6.42 Å². The second-order valence-electron chi connectivity index (χ2n) is 6.66. The Morgan fingerprint density at radius 1 is 0.957 bits per heavy atom. The molecule has 2 N–H and O–H groups in total. The predicted octanol–water partition coefficient (Wildman–Crippen LogP) is 3.11. The van der Waals surface area contributed by atoms with E-state index in [1.165, 1.54) is 0 Å². The molecule has 0 bridgehead atoms. The van der Waals surface area contributed by atoms with Gasteiger partial charge in [0.25, 0.3) is 0 Å². The van der Waals surface area contributed by atoms with Crippen molar-refractivity contribution in [2.45, 2.75) is 85.5 Å². The fourth-order valence-electron chi connectivity index (χ4n) is 1.34. The first kappa shape index (κ1) is 23.5. The summed E-state index contributed by atoms with van der Waals surface area (Å²) in [7, 11) is 0. The smallest absolute Gasteiger partial charge is 0.408 e. The zero-order valence-electron chi connectivity index (χ0n) is 15.5. The topological polar surface area (TPSA) is 102 Å². The summed E-state index contributed by atoms with van der Waals surface area (Å²) in [6.45, 7) is 14.1. The number of carboxylic acids is 1. The lowest BCUT2D eigenvalue weighted by molar-refractivity contribution is -0.157. The van der Waals surface area contributed by atoms with Crippen molar-refractivity contribution in [2.75, 3.05) is 0 Å². The van der Waals surface area contributed by atoms with Crippen LogP contribution in [0, 0.1) is 0 Å². The number of amides is 1. The van der Waals surface area contributed by atoms with E-state index in [2.05, 4.69) is 5.32 Å². The molecule has 0 fully saturated rings. The molecule has 23 heavy (non-hydrogen) atoms. The summed E-state index contributed by atoms with van der Waals surface area (Å²) in [4.78, 5) is 34.3. The van der Waals surface area contributed by atoms with Crippen LogP contribution in [0.2, 0.25) is 0 Å². The van der Waals surface area contributed by atoms with Crippen molar-refractivity contribution < 1.29 is 29.0 Å². The number of carboxylic acid groups (broad SMARTS) is 1. The third-order valence-electron chi connectivity index (χ3n) is 2.03. The van der Waals surface area contributed by atoms with Crippen LogP contribution < -0.4 is 5.32 Å². The van der Waals surface area contributed by atoms with Gasteiger partial charge in [-0.1, -0.05) is 13.8 Å². The van der Waals surface area contributed by atoms with Crippen molar-refractivity contribution in [3.8, 4) is 0 Å². The number of aliphatic carboxylic acids is 1. The number of hydrogen-bond donors (Lipinski definition) is 2. The van der Waals surface area contributed by atoms with Crippen LogP contribution in [0.5, 0.6) is 0 Å². The lowest BCUT2D eigenvalue weighted by atomic mass is 10.1. The normalized spacial score (nSPS) is 12.3. The molecule has 1 amide bonds. The van der Waals surface area contributed by atoms with Gasteiger partial charge in [-0.2, -0.15) is 0 Å². The van der Waals surface area contributed by atoms with Gasteiger partial charge in [-0.3, -0.25) is 4.79 Å². The molecule has 0 aliphatic heterocycles. The number of nitrogens with one attached hydrogen (secondary N) is 1. The highest BCUT2D eigenvalue weighted by atomic mass is 16.6. The summed E-state index contributed by atoms with van der Waals surface area (Å²) in [5.41, 5.74) is -1.44. The van der Waals surface area contributed by atoms with Crippen molar-refractivity contribution in [1.29, 1.82) is 0 Å². The van der Waals surface area contributed by atoms with Gasteiger partial charge in [-0.25, -0.2) is 9.59 Å². The summed E-state index contributed by atoms with van der Waals surface area (Å²) in [5.74, 6) is -1.75. The number of alkyl carbamates (subject to hydrolysis) is 1. The van der Waals surface area contributed by atoms with Crippen LogP contribution in [0.1, 0.15) is 68.2 Å². The molecule has 7 nitrogen and oxygen atoms in total. The highest BCUT2D eigenvalue weighted by molar-refractivity contribution is 5.82. The largest absolute Gasteiger partial charge is 0.481 e. The first-order valence-electron chi connectivity index (χ1n) is 7.74. The number of ether oxygens (including phenoxy) is 2. The zero-order valence-corrected chi connectivity index (χ0v) is 15.5. The number of hydrogen-bond acceptors (Lipinski definition) is 5. The average molecular weight is 333 g/mol. The number of carbonyl (C=O) groups excluding carboxylic acids is 2. The summed E-state index contributed by atoms with van der Waals surface area (Å²) >= 11 is 0. The Bertz CT molecular complexity index is 392. The highest BCUT2D eigenvalue weighted by Gasteiger charge is 2.28. The fourth-order valence-corrected chi connectivity index (χ4v) is 1.34. The van der Waals surface area contributed by atoms with Crippen LogP contribution in [0.3, 0.4) is 0 Å². The first-order valence-corrected chi connectivity index (χ1v) is 7.74. The van der Waals surface area contributed by atoms with E-state index in [1.807, 2.05) is 13.8 Å². The standard InChI is InChI=1S/C14H25NO6.C2H6/c1-13(2,3)20-11(18)9(7-8-10(16)17)15-12(19)21-14(4,5)6;1-2/h9H,7-8H2,1-6H3,(H,15,19)(H,16,17);1-2H3. The Morgan fingerprint density at radius 2 is 1.39 bits per heavy atom. The molecule has 0 saturated heterocycles. The van der Waals surface area contributed by atoms with E-state index in [0.717, 1.165) is 0 Å². The Balaban J connectivity index is 0. The Hall–Kier alpha value is -1.79. The van der Waals surface area contributed by atoms with Crippen LogP contribution >= 0.6 is 0 Å². The molecule has 1 atom stereocenters. The minimum Gasteiger partial charge on any atom is -0.481 e. The van der Waals surface area contributed by atoms with E-state index in [9.17, 15) is 14.4 Å². The monoisotopic (exact) mass is 333 g/mol. The predicted molar refractivity (Wildman–Crippen MR) is 87.2 cm³/mol. The molecule has 0 aliphatic carbocycles. The SMILES string of the molecule is CC.CC(C)(C)OC(=O)NC(CCC(=O)O)C(=O)OC(C)(C)C. The minimum atomic E-state index is -1.06. The van der Waals surface area contributed by atoms with Crippen LogP contribution in [0.25, 0.3) is 0 Å². The quantitative estimate of drug-likeness (QED) is 0.750. The molecule has 0 aromatic heterocycles. The third kappa shape index (κ3) is 14.9. The van der Waals surface area contributed by atoms with Gasteiger partial charge >= 0.3 is 18.0 Å². The van der Waals surface area contributed by atoms with Crippen molar-refractivity contribution in [3.63, 3.8) is 0 Å². The molecule has 7 heteroatoms. The molecule has 0 rings (SSSR count). The maximum Gasteiger partial charge on any atom is 0.408 e. The van der Waals surface area contributed by atoms with Crippen molar-refractivity contribution >= 4 is 18.0 Å². The van der Waals surface area contributed by atoms with Gasteiger partial charge in [-0.05, 0) is 48.0 Å². The van der Waals surface area contributed by atoms with E-state index < -0.39 is 35.3 Å². The molecule has 0 spiro atoms. The molecule has 0 radical (unpaired) electrons. The van der Waals surface area contributed by atoms with E-state index in [1.54, 1.807) is 41.5 Å². The van der Waals surface area contributed by atoms with Crippen LogP contribution in [0.15, 0.2) is 0 Å². The minimum absolute atomic E-state index is 0.0660.